The highest BCUT2D eigenvalue weighted by Crippen LogP contribution is 2.23. The van der Waals surface area contributed by atoms with Gasteiger partial charge in [-0.25, -0.2) is 0 Å². The van der Waals surface area contributed by atoms with Gasteiger partial charge in [0.25, 0.3) is 0 Å². The molecule has 0 spiro atoms. The first-order chi connectivity index (χ1) is 8.26. The van der Waals surface area contributed by atoms with Gasteiger partial charge in [0.2, 0.25) is 0 Å². The van der Waals surface area contributed by atoms with Gasteiger partial charge in [-0.2, -0.15) is 0 Å². The van der Waals surface area contributed by atoms with E-state index in [9.17, 15) is 4.79 Å². The van der Waals surface area contributed by atoms with E-state index in [2.05, 4.69) is 4.98 Å². The van der Waals surface area contributed by atoms with E-state index in [-0.39, 0.29) is 12.4 Å². The van der Waals surface area contributed by atoms with Gasteiger partial charge in [-0.15, -0.1) is 11.6 Å². The van der Waals surface area contributed by atoms with Crippen molar-refractivity contribution in [2.45, 2.75) is 12.8 Å². The van der Waals surface area contributed by atoms with Gasteiger partial charge in [-0.3, -0.25) is 4.79 Å². The molecule has 0 unspecified atom stereocenters. The number of alkyl halides is 1. The number of benzene rings is 1. The van der Waals surface area contributed by atoms with Crippen molar-refractivity contribution < 1.29 is 9.53 Å². The van der Waals surface area contributed by atoms with Crippen LogP contribution < -0.4 is 0 Å². The molecule has 0 aliphatic rings. The summed E-state index contributed by atoms with van der Waals surface area (Å²) in [6.45, 7) is 0. The van der Waals surface area contributed by atoms with Crippen LogP contribution in [0.15, 0.2) is 24.3 Å². The van der Waals surface area contributed by atoms with Gasteiger partial charge in [-0.1, -0.05) is 18.2 Å². The average molecular weight is 252 g/mol. The zero-order chi connectivity index (χ0) is 12.3. The van der Waals surface area contributed by atoms with Gasteiger partial charge in [-0.05, 0) is 18.1 Å². The standard InChI is InChI=1S/C13H14ClNO2/c1-17-13(16)8-12-10(6-7-14)9-4-2-3-5-11(9)15-12/h2-5,15H,6-8H2,1H3. The SMILES string of the molecule is COC(=O)Cc1[nH]c2ccccc2c1CCCl. The average Bonchev–Trinajstić information content (AvgIpc) is 2.68. The van der Waals surface area contributed by atoms with E-state index in [0.717, 1.165) is 28.6 Å². The second-order valence-electron chi connectivity index (χ2n) is 3.82. The van der Waals surface area contributed by atoms with Crippen molar-refractivity contribution in [3.63, 3.8) is 0 Å². The Labute approximate surface area is 105 Å². The fourth-order valence-electron chi connectivity index (χ4n) is 2.00. The van der Waals surface area contributed by atoms with Gasteiger partial charge >= 0.3 is 5.97 Å². The Hall–Kier alpha value is -1.48. The molecule has 0 radical (unpaired) electrons. The number of hydrogen-bond donors (Lipinski definition) is 1. The summed E-state index contributed by atoms with van der Waals surface area (Å²) in [6, 6.07) is 7.98. The van der Waals surface area contributed by atoms with Gasteiger partial charge in [0.1, 0.15) is 0 Å². The van der Waals surface area contributed by atoms with Crippen LogP contribution in [0.5, 0.6) is 0 Å². The number of rotatable bonds is 4. The molecule has 2 rings (SSSR count). The summed E-state index contributed by atoms with van der Waals surface area (Å²) >= 11 is 5.81. The summed E-state index contributed by atoms with van der Waals surface area (Å²) in [6.07, 6.45) is 1.01. The molecule has 0 saturated heterocycles. The van der Waals surface area contributed by atoms with Gasteiger partial charge in [0, 0.05) is 22.5 Å². The van der Waals surface area contributed by atoms with Crippen molar-refractivity contribution in [3.8, 4) is 0 Å². The Balaban J connectivity index is 2.45. The van der Waals surface area contributed by atoms with Crippen LogP contribution in [0.3, 0.4) is 0 Å². The molecule has 1 aromatic carbocycles. The first kappa shape index (κ1) is 12.0. The number of aryl methyl sites for hydroxylation is 1. The highest BCUT2D eigenvalue weighted by atomic mass is 35.5. The van der Waals surface area contributed by atoms with Crippen LogP contribution >= 0.6 is 11.6 Å². The highest BCUT2D eigenvalue weighted by Gasteiger charge is 2.13. The summed E-state index contributed by atoms with van der Waals surface area (Å²) in [5.41, 5.74) is 3.05. The normalized spacial score (nSPS) is 10.7. The number of hydrogen-bond acceptors (Lipinski definition) is 2. The molecule has 1 heterocycles. The van der Waals surface area contributed by atoms with Crippen LogP contribution in [-0.2, 0) is 22.4 Å². The Morgan fingerprint density at radius 2 is 2.18 bits per heavy atom. The summed E-state index contributed by atoms with van der Waals surface area (Å²) in [5, 5.41) is 1.13. The number of aromatic amines is 1. The van der Waals surface area contributed by atoms with Crippen molar-refractivity contribution in [2.75, 3.05) is 13.0 Å². The number of carbonyl (C=O) groups is 1. The highest BCUT2D eigenvalue weighted by molar-refractivity contribution is 6.18. The molecule has 0 saturated carbocycles. The maximum absolute atomic E-state index is 11.3. The van der Waals surface area contributed by atoms with Crippen LogP contribution in [0.25, 0.3) is 10.9 Å². The topological polar surface area (TPSA) is 42.1 Å². The minimum absolute atomic E-state index is 0.243. The zero-order valence-corrected chi connectivity index (χ0v) is 10.4. The first-order valence-electron chi connectivity index (χ1n) is 5.47. The predicted octanol–water partition coefficient (Wildman–Crippen LogP) is 2.66. The lowest BCUT2D eigenvalue weighted by atomic mass is 10.1. The van der Waals surface area contributed by atoms with Crippen molar-refractivity contribution >= 4 is 28.5 Å². The van der Waals surface area contributed by atoms with Gasteiger partial charge < -0.3 is 9.72 Å². The maximum atomic E-state index is 11.3. The minimum Gasteiger partial charge on any atom is -0.469 e. The monoisotopic (exact) mass is 251 g/mol. The molecule has 0 fully saturated rings. The Kier molecular flexibility index (Phi) is 3.69. The van der Waals surface area contributed by atoms with Crippen molar-refractivity contribution in [3.05, 3.63) is 35.5 Å². The van der Waals surface area contributed by atoms with Crippen LogP contribution in [0.4, 0.5) is 0 Å². The third-order valence-electron chi connectivity index (χ3n) is 2.80. The number of nitrogens with one attached hydrogen (secondary N) is 1. The molecule has 3 nitrogen and oxygen atoms in total. The number of halogens is 1. The molecule has 0 aliphatic carbocycles. The van der Waals surface area contributed by atoms with E-state index in [0.29, 0.717) is 5.88 Å². The van der Waals surface area contributed by atoms with Crippen molar-refractivity contribution in [2.24, 2.45) is 0 Å². The third kappa shape index (κ3) is 2.44. The molecule has 0 amide bonds. The Morgan fingerprint density at radius 3 is 2.88 bits per heavy atom. The second-order valence-corrected chi connectivity index (χ2v) is 4.20. The van der Waals surface area contributed by atoms with E-state index in [1.54, 1.807) is 0 Å². The number of para-hydroxylation sites is 1. The molecular weight excluding hydrogens is 238 g/mol. The molecule has 2 aromatic rings. The lowest BCUT2D eigenvalue weighted by Crippen LogP contribution is -2.06. The quantitative estimate of drug-likeness (QED) is 0.671. The maximum Gasteiger partial charge on any atom is 0.311 e. The van der Waals surface area contributed by atoms with Crippen LogP contribution in [0.2, 0.25) is 0 Å². The first-order valence-corrected chi connectivity index (χ1v) is 6.01. The summed E-state index contributed by atoms with van der Waals surface area (Å²) in [5.74, 6) is 0.295. The van der Waals surface area contributed by atoms with E-state index in [1.165, 1.54) is 7.11 Å². The molecule has 0 atom stereocenters. The third-order valence-corrected chi connectivity index (χ3v) is 2.98. The fraction of sp³-hybridized carbons (Fsp3) is 0.308. The molecule has 1 N–H and O–H groups in total. The number of methoxy groups -OCH3 is 1. The lowest BCUT2D eigenvalue weighted by Gasteiger charge is -2.01. The number of aromatic nitrogens is 1. The molecular formula is C13H14ClNO2. The molecule has 1 aromatic heterocycles. The zero-order valence-electron chi connectivity index (χ0n) is 9.63. The smallest absolute Gasteiger partial charge is 0.311 e. The van der Waals surface area contributed by atoms with Gasteiger partial charge in [0.15, 0.2) is 0 Å². The number of fused-ring (bicyclic) bond motifs is 1. The Morgan fingerprint density at radius 1 is 1.41 bits per heavy atom. The largest absolute Gasteiger partial charge is 0.469 e. The summed E-state index contributed by atoms with van der Waals surface area (Å²) in [7, 11) is 1.40. The van der Waals surface area contributed by atoms with Gasteiger partial charge in [0.05, 0.1) is 13.5 Å². The predicted molar refractivity (Wildman–Crippen MR) is 68.4 cm³/mol. The van der Waals surface area contributed by atoms with E-state index in [4.69, 9.17) is 16.3 Å². The lowest BCUT2D eigenvalue weighted by molar-refractivity contribution is -0.139. The molecule has 4 heteroatoms. The van der Waals surface area contributed by atoms with E-state index >= 15 is 0 Å². The summed E-state index contributed by atoms with van der Waals surface area (Å²) in [4.78, 5) is 14.6. The van der Waals surface area contributed by atoms with Crippen molar-refractivity contribution in [1.82, 2.24) is 4.98 Å². The number of H-pyrrole nitrogens is 1. The number of ether oxygens (including phenoxy) is 1. The molecule has 0 bridgehead atoms. The Bertz CT molecular complexity index is 533. The second kappa shape index (κ2) is 5.23. The van der Waals surface area contributed by atoms with E-state index < -0.39 is 0 Å². The fourth-order valence-corrected chi connectivity index (χ4v) is 2.19. The van der Waals surface area contributed by atoms with Crippen LogP contribution in [0.1, 0.15) is 11.3 Å². The van der Waals surface area contributed by atoms with Crippen LogP contribution in [-0.4, -0.2) is 23.9 Å². The minimum atomic E-state index is -0.243. The molecule has 0 aliphatic heterocycles. The molecule has 17 heavy (non-hydrogen) atoms. The number of esters is 1. The molecule has 90 valence electrons. The summed E-state index contributed by atoms with van der Waals surface area (Å²) < 4.78 is 4.69. The van der Waals surface area contributed by atoms with Crippen molar-refractivity contribution in [1.29, 1.82) is 0 Å². The van der Waals surface area contributed by atoms with E-state index in [1.807, 2.05) is 24.3 Å². The number of carbonyl (C=O) groups excluding carboxylic acids is 1. The van der Waals surface area contributed by atoms with Crippen LogP contribution in [0, 0.1) is 0 Å².